The summed E-state index contributed by atoms with van der Waals surface area (Å²) in [4.78, 5) is 25.9. The molecule has 3 amide bonds. The first-order valence-corrected chi connectivity index (χ1v) is 8.69. The zero-order chi connectivity index (χ0) is 15.4. The molecule has 3 rings (SSSR count). The Bertz CT molecular complexity index is 427. The molecule has 3 aliphatic rings. The summed E-state index contributed by atoms with van der Waals surface area (Å²) in [6.45, 7) is 2.14. The third-order valence-electron chi connectivity index (χ3n) is 5.26. The van der Waals surface area contributed by atoms with Crippen molar-refractivity contribution in [3.63, 3.8) is 0 Å². The molecule has 2 aliphatic carbocycles. The van der Waals surface area contributed by atoms with Crippen molar-refractivity contribution in [1.29, 1.82) is 0 Å². The molecule has 1 saturated heterocycles. The molecule has 5 nitrogen and oxygen atoms in total. The SMILES string of the molecule is O=C(CCNC(=O)N1CC2CC=CCC2C1)NC1CCCC1. The van der Waals surface area contributed by atoms with E-state index in [0.717, 1.165) is 38.8 Å². The second-order valence-corrected chi connectivity index (χ2v) is 6.90. The van der Waals surface area contributed by atoms with Crippen LogP contribution in [-0.4, -0.2) is 42.5 Å². The lowest BCUT2D eigenvalue weighted by atomic mass is 9.86. The van der Waals surface area contributed by atoms with Crippen molar-refractivity contribution in [1.82, 2.24) is 15.5 Å². The topological polar surface area (TPSA) is 61.4 Å². The lowest BCUT2D eigenvalue weighted by Crippen LogP contribution is -2.41. The Balaban J connectivity index is 1.33. The van der Waals surface area contributed by atoms with Gasteiger partial charge in [0.15, 0.2) is 0 Å². The summed E-state index contributed by atoms with van der Waals surface area (Å²) in [5.74, 6) is 1.31. The fraction of sp³-hybridized carbons (Fsp3) is 0.765. The van der Waals surface area contributed by atoms with Gasteiger partial charge in [-0.1, -0.05) is 25.0 Å². The highest BCUT2D eigenvalue weighted by Crippen LogP contribution is 2.32. The van der Waals surface area contributed by atoms with E-state index in [4.69, 9.17) is 0 Å². The van der Waals surface area contributed by atoms with Gasteiger partial charge in [-0.05, 0) is 37.5 Å². The van der Waals surface area contributed by atoms with Gasteiger partial charge >= 0.3 is 6.03 Å². The van der Waals surface area contributed by atoms with Gasteiger partial charge in [0.2, 0.25) is 5.91 Å². The summed E-state index contributed by atoms with van der Waals surface area (Å²) in [5, 5.41) is 5.95. The number of rotatable bonds is 4. The minimum Gasteiger partial charge on any atom is -0.353 e. The van der Waals surface area contributed by atoms with Gasteiger partial charge < -0.3 is 15.5 Å². The predicted molar refractivity (Wildman–Crippen MR) is 85.3 cm³/mol. The second kappa shape index (κ2) is 7.16. The van der Waals surface area contributed by atoms with Crippen LogP contribution in [0.15, 0.2) is 12.2 Å². The molecule has 1 aliphatic heterocycles. The summed E-state index contributed by atoms with van der Waals surface area (Å²) >= 11 is 0. The molecule has 0 aromatic heterocycles. The zero-order valence-electron chi connectivity index (χ0n) is 13.2. The first-order valence-electron chi connectivity index (χ1n) is 8.69. The Kier molecular flexibility index (Phi) is 5.01. The summed E-state index contributed by atoms with van der Waals surface area (Å²) in [6, 6.07) is 0.348. The number of nitrogens with zero attached hydrogens (tertiary/aromatic N) is 1. The molecular weight excluding hydrogens is 278 g/mol. The highest BCUT2D eigenvalue weighted by molar-refractivity contribution is 5.78. The number of hydrogen-bond donors (Lipinski definition) is 2. The van der Waals surface area contributed by atoms with Crippen LogP contribution in [0.25, 0.3) is 0 Å². The molecule has 1 saturated carbocycles. The van der Waals surface area contributed by atoms with Crippen molar-refractivity contribution in [3.8, 4) is 0 Å². The van der Waals surface area contributed by atoms with E-state index in [1.807, 2.05) is 4.90 Å². The van der Waals surface area contributed by atoms with Gasteiger partial charge in [-0.25, -0.2) is 4.79 Å². The van der Waals surface area contributed by atoms with Gasteiger partial charge in [0.1, 0.15) is 0 Å². The molecule has 0 aromatic rings. The molecule has 2 atom stereocenters. The van der Waals surface area contributed by atoms with Crippen LogP contribution in [-0.2, 0) is 4.79 Å². The Morgan fingerprint density at radius 1 is 1.05 bits per heavy atom. The van der Waals surface area contributed by atoms with E-state index in [-0.39, 0.29) is 11.9 Å². The maximum absolute atomic E-state index is 12.2. The minimum atomic E-state index is -0.0110. The monoisotopic (exact) mass is 305 g/mol. The first kappa shape index (κ1) is 15.4. The number of amides is 3. The fourth-order valence-electron chi connectivity index (χ4n) is 3.95. The number of allylic oxidation sites excluding steroid dienone is 2. The van der Waals surface area contributed by atoms with Gasteiger partial charge in [0, 0.05) is 32.1 Å². The number of carbonyl (C=O) groups excluding carboxylic acids is 2. The van der Waals surface area contributed by atoms with Crippen LogP contribution in [0.3, 0.4) is 0 Å². The Morgan fingerprint density at radius 2 is 1.68 bits per heavy atom. The zero-order valence-corrected chi connectivity index (χ0v) is 13.2. The minimum absolute atomic E-state index is 0.0110. The van der Waals surface area contributed by atoms with E-state index < -0.39 is 0 Å². The van der Waals surface area contributed by atoms with Crippen LogP contribution in [0.2, 0.25) is 0 Å². The first-order chi connectivity index (χ1) is 10.7. The van der Waals surface area contributed by atoms with Crippen molar-refractivity contribution in [3.05, 3.63) is 12.2 Å². The van der Waals surface area contributed by atoms with Crippen LogP contribution < -0.4 is 10.6 Å². The molecular formula is C17H27N3O2. The summed E-state index contributed by atoms with van der Waals surface area (Å²) in [7, 11) is 0. The van der Waals surface area contributed by atoms with Crippen LogP contribution in [0.1, 0.15) is 44.9 Å². The van der Waals surface area contributed by atoms with E-state index in [2.05, 4.69) is 22.8 Å². The normalized spacial score (nSPS) is 27.7. The molecule has 0 bridgehead atoms. The van der Waals surface area contributed by atoms with Crippen molar-refractivity contribution in [2.75, 3.05) is 19.6 Å². The maximum Gasteiger partial charge on any atom is 0.317 e. The van der Waals surface area contributed by atoms with Crippen molar-refractivity contribution >= 4 is 11.9 Å². The van der Waals surface area contributed by atoms with E-state index in [0.29, 0.717) is 30.8 Å². The highest BCUT2D eigenvalue weighted by atomic mass is 16.2. The lowest BCUT2D eigenvalue weighted by Gasteiger charge is -2.17. The van der Waals surface area contributed by atoms with Crippen LogP contribution in [0.5, 0.6) is 0 Å². The van der Waals surface area contributed by atoms with E-state index in [9.17, 15) is 9.59 Å². The maximum atomic E-state index is 12.2. The van der Waals surface area contributed by atoms with Crippen LogP contribution >= 0.6 is 0 Å². The van der Waals surface area contributed by atoms with Gasteiger partial charge in [-0.2, -0.15) is 0 Å². The smallest absolute Gasteiger partial charge is 0.317 e. The summed E-state index contributed by atoms with van der Waals surface area (Å²) < 4.78 is 0. The average molecular weight is 305 g/mol. The number of fused-ring (bicyclic) bond motifs is 1. The van der Waals surface area contributed by atoms with Gasteiger partial charge in [0.25, 0.3) is 0 Å². The predicted octanol–water partition coefficient (Wildman–Crippen LogP) is 2.04. The molecule has 2 unspecified atom stereocenters. The number of carbonyl (C=O) groups is 2. The molecule has 1 heterocycles. The van der Waals surface area contributed by atoms with Crippen molar-refractivity contribution < 1.29 is 9.59 Å². The van der Waals surface area contributed by atoms with E-state index in [1.54, 1.807) is 0 Å². The molecule has 5 heteroatoms. The highest BCUT2D eigenvalue weighted by Gasteiger charge is 2.34. The van der Waals surface area contributed by atoms with Crippen LogP contribution in [0.4, 0.5) is 4.79 Å². The van der Waals surface area contributed by atoms with E-state index >= 15 is 0 Å². The van der Waals surface area contributed by atoms with Gasteiger partial charge in [-0.15, -0.1) is 0 Å². The Hall–Kier alpha value is -1.52. The molecule has 122 valence electrons. The second-order valence-electron chi connectivity index (χ2n) is 6.90. The average Bonchev–Trinajstić information content (AvgIpc) is 3.15. The van der Waals surface area contributed by atoms with Crippen molar-refractivity contribution in [2.24, 2.45) is 11.8 Å². The molecule has 22 heavy (non-hydrogen) atoms. The summed E-state index contributed by atoms with van der Waals surface area (Å²) in [6.07, 6.45) is 11.7. The van der Waals surface area contributed by atoms with Gasteiger partial charge in [0.05, 0.1) is 0 Å². The number of nitrogens with one attached hydrogen (secondary N) is 2. The van der Waals surface area contributed by atoms with E-state index in [1.165, 1.54) is 12.8 Å². The standard InChI is InChI=1S/C17H27N3O2/c21-16(19-15-7-3-4-8-15)9-10-18-17(22)20-11-13-5-1-2-6-14(13)12-20/h1-2,13-15H,3-12H2,(H,18,22)(H,19,21). The summed E-state index contributed by atoms with van der Waals surface area (Å²) in [5.41, 5.74) is 0. The Morgan fingerprint density at radius 3 is 2.32 bits per heavy atom. The number of urea groups is 1. The third kappa shape index (κ3) is 3.81. The molecule has 0 aromatic carbocycles. The molecule has 2 N–H and O–H groups in total. The van der Waals surface area contributed by atoms with Crippen molar-refractivity contribution in [2.45, 2.75) is 51.0 Å². The Labute approximate surface area is 132 Å². The van der Waals surface area contributed by atoms with Gasteiger partial charge in [-0.3, -0.25) is 4.79 Å². The largest absolute Gasteiger partial charge is 0.353 e. The number of hydrogen-bond acceptors (Lipinski definition) is 2. The lowest BCUT2D eigenvalue weighted by molar-refractivity contribution is -0.121. The number of likely N-dealkylation sites (tertiary alicyclic amines) is 1. The molecule has 0 radical (unpaired) electrons. The molecule has 2 fully saturated rings. The van der Waals surface area contributed by atoms with Crippen LogP contribution in [0, 0.1) is 11.8 Å². The quantitative estimate of drug-likeness (QED) is 0.781. The third-order valence-corrected chi connectivity index (χ3v) is 5.26. The molecule has 0 spiro atoms. The fourth-order valence-corrected chi connectivity index (χ4v) is 3.95.